The van der Waals surface area contributed by atoms with Crippen molar-refractivity contribution >= 4 is 22.9 Å². The van der Waals surface area contributed by atoms with Crippen LogP contribution in [0.4, 0.5) is 5.69 Å². The first kappa shape index (κ1) is 16.7. The third-order valence-corrected chi connectivity index (χ3v) is 5.33. The summed E-state index contributed by atoms with van der Waals surface area (Å²) in [4.78, 5) is 16.2. The number of methoxy groups -OCH3 is 1. The second-order valence-corrected chi connectivity index (χ2v) is 7.15. The highest BCUT2D eigenvalue weighted by molar-refractivity contribution is 7.09. The number of rotatable bonds is 5. The number of fused-ring (bicyclic) bond motifs is 1. The summed E-state index contributed by atoms with van der Waals surface area (Å²) in [6.07, 6.45) is 0.112. The van der Waals surface area contributed by atoms with Gasteiger partial charge in [-0.2, -0.15) is 0 Å². The van der Waals surface area contributed by atoms with E-state index >= 15 is 0 Å². The molecule has 0 aliphatic carbocycles. The molecule has 1 unspecified atom stereocenters. The minimum Gasteiger partial charge on any atom is -0.497 e. The van der Waals surface area contributed by atoms with Gasteiger partial charge in [0.1, 0.15) is 11.5 Å². The van der Waals surface area contributed by atoms with Gasteiger partial charge in [-0.25, -0.2) is 0 Å². The zero-order valence-corrected chi connectivity index (χ0v) is 15.2. The zero-order valence-electron chi connectivity index (χ0n) is 14.4. The van der Waals surface area contributed by atoms with Crippen molar-refractivity contribution in [2.45, 2.75) is 19.1 Å². The van der Waals surface area contributed by atoms with E-state index in [-0.39, 0.29) is 5.91 Å². The average molecular weight is 365 g/mol. The topological polar surface area (TPSA) is 38.8 Å². The largest absolute Gasteiger partial charge is 0.497 e. The quantitative estimate of drug-likeness (QED) is 0.677. The molecule has 1 aliphatic rings. The molecule has 4 rings (SSSR count). The van der Waals surface area contributed by atoms with Crippen LogP contribution in [0, 0.1) is 0 Å². The third kappa shape index (κ3) is 3.30. The molecule has 1 aliphatic heterocycles. The lowest BCUT2D eigenvalue weighted by molar-refractivity contribution is -0.124. The highest BCUT2D eigenvalue weighted by atomic mass is 32.1. The Kier molecular flexibility index (Phi) is 4.63. The number of carbonyl (C=O) groups excluding carboxylic acids is 1. The van der Waals surface area contributed by atoms with E-state index in [1.54, 1.807) is 23.3 Å². The maximum absolute atomic E-state index is 13.3. The van der Waals surface area contributed by atoms with Crippen LogP contribution in [-0.2, 0) is 17.8 Å². The van der Waals surface area contributed by atoms with Gasteiger partial charge in [0.2, 0.25) is 0 Å². The van der Waals surface area contributed by atoms with E-state index in [2.05, 4.69) is 0 Å². The van der Waals surface area contributed by atoms with Crippen molar-refractivity contribution in [1.82, 2.24) is 0 Å². The lowest BCUT2D eigenvalue weighted by Gasteiger charge is -2.25. The number of nitrogens with zero attached hydrogens (tertiary/aromatic N) is 1. The Labute approximate surface area is 156 Å². The van der Waals surface area contributed by atoms with E-state index in [4.69, 9.17) is 9.47 Å². The standard InChI is InChI=1S/C21H19NO3S/c1-24-17-10-8-16(9-11-17)22(14-18-6-4-12-26-18)21(23)20-13-15-5-2-3-7-19(15)25-20/h2-12,20H,13-14H2,1H3. The van der Waals surface area contributed by atoms with Gasteiger partial charge in [0.15, 0.2) is 6.10 Å². The lowest BCUT2D eigenvalue weighted by atomic mass is 10.1. The minimum atomic E-state index is -0.491. The lowest BCUT2D eigenvalue weighted by Crippen LogP contribution is -2.41. The van der Waals surface area contributed by atoms with Gasteiger partial charge in [-0.3, -0.25) is 4.79 Å². The van der Waals surface area contributed by atoms with Gasteiger partial charge < -0.3 is 14.4 Å². The molecule has 0 radical (unpaired) electrons. The molecule has 0 bridgehead atoms. The molecule has 132 valence electrons. The van der Waals surface area contributed by atoms with Crippen LogP contribution in [0.2, 0.25) is 0 Å². The number of hydrogen-bond donors (Lipinski definition) is 0. The fourth-order valence-electron chi connectivity index (χ4n) is 3.11. The number of hydrogen-bond acceptors (Lipinski definition) is 4. The Hall–Kier alpha value is -2.79. The van der Waals surface area contributed by atoms with Crippen LogP contribution in [0.3, 0.4) is 0 Å². The normalized spacial score (nSPS) is 15.2. The van der Waals surface area contributed by atoms with E-state index in [0.717, 1.165) is 27.6 Å². The van der Waals surface area contributed by atoms with Crippen LogP contribution in [0.5, 0.6) is 11.5 Å². The van der Waals surface area contributed by atoms with Gasteiger partial charge in [-0.05, 0) is 47.3 Å². The molecule has 4 nitrogen and oxygen atoms in total. The number of amides is 1. The maximum Gasteiger partial charge on any atom is 0.268 e. The molecular formula is C21H19NO3S. The summed E-state index contributed by atoms with van der Waals surface area (Å²) in [5.41, 5.74) is 1.92. The van der Waals surface area contributed by atoms with Crippen molar-refractivity contribution < 1.29 is 14.3 Å². The van der Waals surface area contributed by atoms with Crippen molar-refractivity contribution in [1.29, 1.82) is 0 Å². The molecule has 1 atom stereocenters. The van der Waals surface area contributed by atoms with Gasteiger partial charge >= 0.3 is 0 Å². The first-order chi connectivity index (χ1) is 12.7. The Morgan fingerprint density at radius 2 is 1.96 bits per heavy atom. The third-order valence-electron chi connectivity index (χ3n) is 4.47. The van der Waals surface area contributed by atoms with Gasteiger partial charge in [-0.1, -0.05) is 24.3 Å². The Balaban J connectivity index is 1.60. The summed E-state index contributed by atoms with van der Waals surface area (Å²) in [7, 11) is 1.63. The summed E-state index contributed by atoms with van der Waals surface area (Å²) >= 11 is 1.64. The fourth-order valence-corrected chi connectivity index (χ4v) is 3.80. The summed E-state index contributed by atoms with van der Waals surface area (Å²) in [5, 5.41) is 2.02. The van der Waals surface area contributed by atoms with Crippen molar-refractivity contribution in [2.75, 3.05) is 12.0 Å². The van der Waals surface area contributed by atoms with Crippen LogP contribution in [-0.4, -0.2) is 19.1 Å². The Morgan fingerprint density at radius 3 is 2.65 bits per heavy atom. The number of thiophene rings is 1. The number of carbonyl (C=O) groups is 1. The van der Waals surface area contributed by atoms with Crippen LogP contribution in [0.1, 0.15) is 10.4 Å². The molecule has 2 heterocycles. The molecule has 0 saturated heterocycles. The molecule has 1 aromatic heterocycles. The van der Waals surface area contributed by atoms with E-state index in [1.165, 1.54) is 0 Å². The number of anilines is 1. The molecule has 0 fully saturated rings. The second kappa shape index (κ2) is 7.22. The summed E-state index contributed by atoms with van der Waals surface area (Å²) < 4.78 is 11.2. The Bertz CT molecular complexity index is 865. The molecule has 3 aromatic rings. The first-order valence-electron chi connectivity index (χ1n) is 8.47. The van der Waals surface area contributed by atoms with Crippen molar-refractivity contribution in [3.8, 4) is 11.5 Å². The van der Waals surface area contributed by atoms with Crippen LogP contribution < -0.4 is 14.4 Å². The number of benzene rings is 2. The first-order valence-corrected chi connectivity index (χ1v) is 9.35. The number of para-hydroxylation sites is 1. The van der Waals surface area contributed by atoms with Gasteiger partial charge in [0, 0.05) is 17.0 Å². The predicted octanol–water partition coefficient (Wildman–Crippen LogP) is 4.29. The molecule has 0 spiro atoms. The number of ether oxygens (including phenoxy) is 2. The monoisotopic (exact) mass is 365 g/mol. The van der Waals surface area contributed by atoms with Crippen molar-refractivity contribution in [3.05, 3.63) is 76.5 Å². The SMILES string of the molecule is COc1ccc(N(Cc2cccs2)C(=O)C2Cc3ccccc3O2)cc1. The molecule has 5 heteroatoms. The second-order valence-electron chi connectivity index (χ2n) is 6.12. The summed E-state index contributed by atoms with van der Waals surface area (Å²) in [5.74, 6) is 1.54. The van der Waals surface area contributed by atoms with Crippen LogP contribution >= 0.6 is 11.3 Å². The Morgan fingerprint density at radius 1 is 1.15 bits per heavy atom. The summed E-state index contributed by atoms with van der Waals surface area (Å²) in [6, 6.07) is 19.4. The zero-order chi connectivity index (χ0) is 17.9. The van der Waals surface area contributed by atoms with Gasteiger partial charge in [0.05, 0.1) is 13.7 Å². The summed E-state index contributed by atoms with van der Waals surface area (Å²) in [6.45, 7) is 0.527. The van der Waals surface area contributed by atoms with Crippen LogP contribution in [0.15, 0.2) is 66.0 Å². The van der Waals surface area contributed by atoms with Crippen molar-refractivity contribution in [3.63, 3.8) is 0 Å². The fraction of sp³-hybridized carbons (Fsp3) is 0.190. The average Bonchev–Trinajstić information content (AvgIpc) is 3.35. The molecule has 0 N–H and O–H groups in total. The maximum atomic E-state index is 13.3. The molecule has 26 heavy (non-hydrogen) atoms. The van der Waals surface area contributed by atoms with Gasteiger partial charge in [0.25, 0.3) is 5.91 Å². The predicted molar refractivity (Wildman–Crippen MR) is 103 cm³/mol. The molecule has 1 amide bonds. The van der Waals surface area contributed by atoms with E-state index in [1.807, 2.05) is 66.0 Å². The van der Waals surface area contributed by atoms with Crippen LogP contribution in [0.25, 0.3) is 0 Å². The van der Waals surface area contributed by atoms with E-state index in [0.29, 0.717) is 13.0 Å². The molecule has 2 aromatic carbocycles. The van der Waals surface area contributed by atoms with Gasteiger partial charge in [-0.15, -0.1) is 11.3 Å². The van der Waals surface area contributed by atoms with E-state index in [9.17, 15) is 4.79 Å². The molecular weight excluding hydrogens is 346 g/mol. The highest BCUT2D eigenvalue weighted by Gasteiger charge is 2.33. The smallest absolute Gasteiger partial charge is 0.268 e. The highest BCUT2D eigenvalue weighted by Crippen LogP contribution is 2.31. The van der Waals surface area contributed by atoms with Crippen molar-refractivity contribution in [2.24, 2.45) is 0 Å². The minimum absolute atomic E-state index is 0.0280. The molecule has 0 saturated carbocycles. The van der Waals surface area contributed by atoms with E-state index < -0.39 is 6.10 Å².